The lowest BCUT2D eigenvalue weighted by Crippen LogP contribution is -2.47. The normalized spacial score (nSPS) is 17.2. The lowest BCUT2D eigenvalue weighted by molar-refractivity contribution is -0.138. The molecule has 1 aromatic heterocycles. The van der Waals surface area contributed by atoms with Crippen molar-refractivity contribution in [3.8, 4) is 5.75 Å². The first-order chi connectivity index (χ1) is 12.5. The van der Waals surface area contributed by atoms with Gasteiger partial charge in [0.25, 0.3) is 5.56 Å². The number of benzene rings is 1. The van der Waals surface area contributed by atoms with Gasteiger partial charge in [-0.25, -0.2) is 4.98 Å². The third-order valence-corrected chi connectivity index (χ3v) is 4.46. The number of methoxy groups -OCH3 is 1. The summed E-state index contributed by atoms with van der Waals surface area (Å²) in [5, 5.41) is 0. The monoisotopic (exact) mass is 357 g/mol. The molecule has 0 saturated carbocycles. The fraction of sp³-hybridized carbons (Fsp3) is 0.421. The van der Waals surface area contributed by atoms with Crippen molar-refractivity contribution in [3.05, 3.63) is 57.8 Å². The second-order valence-electron chi connectivity index (χ2n) is 6.38. The van der Waals surface area contributed by atoms with E-state index in [-0.39, 0.29) is 24.0 Å². The van der Waals surface area contributed by atoms with Gasteiger partial charge < -0.3 is 19.4 Å². The molecular formula is C19H23N3O4. The van der Waals surface area contributed by atoms with E-state index in [2.05, 4.69) is 9.97 Å². The average Bonchev–Trinajstić information content (AvgIpc) is 2.65. The van der Waals surface area contributed by atoms with Crippen LogP contribution in [0.15, 0.2) is 35.3 Å². The highest BCUT2D eigenvalue weighted by molar-refractivity contribution is 5.78. The summed E-state index contributed by atoms with van der Waals surface area (Å²) in [7, 11) is 1.64. The molecule has 1 unspecified atom stereocenters. The Balaban J connectivity index is 1.60. The van der Waals surface area contributed by atoms with Crippen LogP contribution in [-0.4, -0.2) is 53.7 Å². The molecule has 1 fully saturated rings. The maximum atomic E-state index is 12.6. The maximum absolute atomic E-state index is 12.6. The Morgan fingerprint density at radius 3 is 2.85 bits per heavy atom. The molecule has 1 amide bonds. The van der Waals surface area contributed by atoms with Crippen molar-refractivity contribution < 1.29 is 14.3 Å². The van der Waals surface area contributed by atoms with Gasteiger partial charge in [0.1, 0.15) is 11.6 Å². The number of carbonyl (C=O) groups excluding carboxylic acids is 1. The van der Waals surface area contributed by atoms with Gasteiger partial charge in [-0.2, -0.15) is 0 Å². The van der Waals surface area contributed by atoms with E-state index >= 15 is 0 Å². The number of H-pyrrole nitrogens is 1. The molecule has 1 saturated heterocycles. The minimum atomic E-state index is -0.256. The first kappa shape index (κ1) is 18.1. The molecule has 0 radical (unpaired) electrons. The van der Waals surface area contributed by atoms with Crippen molar-refractivity contribution in [2.24, 2.45) is 0 Å². The number of aromatic amines is 1. The molecular weight excluding hydrogens is 334 g/mol. The molecule has 0 bridgehead atoms. The number of nitrogens with one attached hydrogen (secondary N) is 1. The molecule has 2 heterocycles. The molecule has 1 aromatic carbocycles. The van der Waals surface area contributed by atoms with Crippen LogP contribution < -0.4 is 10.3 Å². The second kappa shape index (κ2) is 8.14. The van der Waals surface area contributed by atoms with Crippen LogP contribution in [-0.2, 0) is 22.4 Å². The van der Waals surface area contributed by atoms with E-state index in [0.717, 1.165) is 17.7 Å². The molecule has 0 aliphatic carbocycles. The van der Waals surface area contributed by atoms with Gasteiger partial charge in [-0.3, -0.25) is 9.59 Å². The van der Waals surface area contributed by atoms with E-state index in [9.17, 15) is 9.59 Å². The van der Waals surface area contributed by atoms with Crippen LogP contribution in [0.3, 0.4) is 0 Å². The van der Waals surface area contributed by atoms with Crippen LogP contribution in [0.2, 0.25) is 0 Å². The Bertz CT molecular complexity index is 816. The van der Waals surface area contributed by atoms with E-state index < -0.39 is 0 Å². The molecule has 1 atom stereocenters. The Labute approximate surface area is 152 Å². The van der Waals surface area contributed by atoms with Gasteiger partial charge in [0, 0.05) is 31.3 Å². The fourth-order valence-corrected chi connectivity index (χ4v) is 3.00. The summed E-state index contributed by atoms with van der Waals surface area (Å²) in [4.78, 5) is 32.9. The van der Waals surface area contributed by atoms with Crippen molar-refractivity contribution in [1.29, 1.82) is 0 Å². The molecule has 0 spiro atoms. The number of hydrogen-bond donors (Lipinski definition) is 1. The summed E-state index contributed by atoms with van der Waals surface area (Å²) in [6.07, 6.45) is 2.19. The smallest absolute Gasteiger partial charge is 0.254 e. The SMILES string of the molecule is COc1ccc(CC2CN(C(=O)Cc3cnc(C)[nH]c3=O)CCO2)cc1. The molecule has 1 N–H and O–H groups in total. The van der Waals surface area contributed by atoms with Gasteiger partial charge in [-0.05, 0) is 24.6 Å². The Hall–Kier alpha value is -2.67. The second-order valence-corrected chi connectivity index (χ2v) is 6.38. The number of amides is 1. The van der Waals surface area contributed by atoms with Gasteiger partial charge >= 0.3 is 0 Å². The van der Waals surface area contributed by atoms with Gasteiger partial charge in [0.15, 0.2) is 0 Å². The quantitative estimate of drug-likeness (QED) is 0.866. The Morgan fingerprint density at radius 1 is 1.38 bits per heavy atom. The summed E-state index contributed by atoms with van der Waals surface area (Å²) in [5.41, 5.74) is 1.26. The maximum Gasteiger partial charge on any atom is 0.254 e. The van der Waals surface area contributed by atoms with Crippen LogP contribution >= 0.6 is 0 Å². The van der Waals surface area contributed by atoms with E-state index in [4.69, 9.17) is 9.47 Å². The number of aryl methyl sites for hydroxylation is 1. The number of hydrogen-bond acceptors (Lipinski definition) is 5. The summed E-state index contributed by atoms with van der Waals surface area (Å²) in [5.74, 6) is 1.27. The lowest BCUT2D eigenvalue weighted by Gasteiger charge is -2.33. The number of ether oxygens (including phenoxy) is 2. The Kier molecular flexibility index (Phi) is 5.68. The molecule has 7 nitrogen and oxygen atoms in total. The van der Waals surface area contributed by atoms with Crippen molar-refractivity contribution >= 4 is 5.91 Å². The first-order valence-corrected chi connectivity index (χ1v) is 8.62. The number of nitrogens with zero attached hydrogens (tertiary/aromatic N) is 2. The number of carbonyl (C=O) groups is 1. The highest BCUT2D eigenvalue weighted by atomic mass is 16.5. The van der Waals surface area contributed by atoms with Crippen LogP contribution in [0.4, 0.5) is 0 Å². The Morgan fingerprint density at radius 2 is 2.15 bits per heavy atom. The van der Waals surface area contributed by atoms with Crippen LogP contribution in [0.1, 0.15) is 17.0 Å². The molecule has 138 valence electrons. The molecule has 2 aromatic rings. The largest absolute Gasteiger partial charge is 0.497 e. The number of aromatic nitrogens is 2. The van der Waals surface area contributed by atoms with E-state index in [1.165, 1.54) is 6.20 Å². The van der Waals surface area contributed by atoms with Crippen LogP contribution in [0, 0.1) is 6.92 Å². The van der Waals surface area contributed by atoms with Crippen LogP contribution in [0.25, 0.3) is 0 Å². The minimum Gasteiger partial charge on any atom is -0.497 e. The zero-order valence-corrected chi connectivity index (χ0v) is 15.0. The van der Waals surface area contributed by atoms with Gasteiger partial charge in [-0.15, -0.1) is 0 Å². The minimum absolute atomic E-state index is 0.0534. The molecule has 1 aliphatic rings. The van der Waals surface area contributed by atoms with E-state index in [0.29, 0.717) is 31.1 Å². The third-order valence-electron chi connectivity index (χ3n) is 4.46. The number of rotatable bonds is 5. The number of morpholine rings is 1. The van der Waals surface area contributed by atoms with Crippen molar-refractivity contribution in [2.75, 3.05) is 26.8 Å². The summed E-state index contributed by atoms with van der Waals surface area (Å²) < 4.78 is 11.0. The molecule has 7 heteroatoms. The first-order valence-electron chi connectivity index (χ1n) is 8.62. The summed E-state index contributed by atoms with van der Waals surface area (Å²) in [6, 6.07) is 7.83. The van der Waals surface area contributed by atoms with E-state index in [1.807, 2.05) is 24.3 Å². The zero-order chi connectivity index (χ0) is 18.5. The predicted octanol–water partition coefficient (Wildman–Crippen LogP) is 1.10. The summed E-state index contributed by atoms with van der Waals surface area (Å²) in [6.45, 7) is 3.25. The van der Waals surface area contributed by atoms with Crippen molar-refractivity contribution in [1.82, 2.24) is 14.9 Å². The van der Waals surface area contributed by atoms with E-state index in [1.54, 1.807) is 18.9 Å². The van der Waals surface area contributed by atoms with Gasteiger partial charge in [0.05, 0.1) is 26.2 Å². The zero-order valence-electron chi connectivity index (χ0n) is 15.0. The third kappa shape index (κ3) is 4.49. The van der Waals surface area contributed by atoms with Crippen molar-refractivity contribution in [3.63, 3.8) is 0 Å². The van der Waals surface area contributed by atoms with Crippen molar-refractivity contribution in [2.45, 2.75) is 25.9 Å². The predicted molar refractivity (Wildman–Crippen MR) is 96.3 cm³/mol. The van der Waals surface area contributed by atoms with Crippen LogP contribution in [0.5, 0.6) is 5.75 Å². The highest BCUT2D eigenvalue weighted by Gasteiger charge is 2.25. The summed E-state index contributed by atoms with van der Waals surface area (Å²) >= 11 is 0. The molecule has 3 rings (SSSR count). The topological polar surface area (TPSA) is 84.5 Å². The standard InChI is InChI=1S/C19H23N3O4/c1-13-20-11-15(19(24)21-13)10-18(23)22-7-8-26-17(12-22)9-14-3-5-16(25-2)6-4-14/h3-6,11,17H,7-10,12H2,1-2H3,(H,20,21,24). The fourth-order valence-electron chi connectivity index (χ4n) is 3.00. The van der Waals surface area contributed by atoms with Gasteiger partial charge in [0.2, 0.25) is 5.91 Å². The van der Waals surface area contributed by atoms with Gasteiger partial charge in [-0.1, -0.05) is 12.1 Å². The molecule has 26 heavy (non-hydrogen) atoms. The average molecular weight is 357 g/mol. The molecule has 1 aliphatic heterocycles. The lowest BCUT2D eigenvalue weighted by atomic mass is 10.1. The highest BCUT2D eigenvalue weighted by Crippen LogP contribution is 2.16.